The van der Waals surface area contributed by atoms with E-state index in [0.29, 0.717) is 19.1 Å². The maximum atomic E-state index is 12.8. The predicted octanol–water partition coefficient (Wildman–Crippen LogP) is 2.53. The minimum Gasteiger partial charge on any atom is -0.489 e. The first-order valence-electron chi connectivity index (χ1n) is 6.73. The number of anilines is 1. The fourth-order valence-corrected chi connectivity index (χ4v) is 1.91. The lowest BCUT2D eigenvalue weighted by molar-refractivity contribution is 0.306. The van der Waals surface area contributed by atoms with Crippen molar-refractivity contribution in [1.29, 1.82) is 0 Å². The number of aromatic amines is 1. The van der Waals surface area contributed by atoms with E-state index >= 15 is 0 Å². The number of H-pyrrole nitrogens is 1. The molecule has 0 saturated heterocycles. The molecule has 3 rings (SSSR count). The van der Waals surface area contributed by atoms with Gasteiger partial charge in [-0.25, -0.2) is 4.39 Å². The zero-order valence-electron chi connectivity index (χ0n) is 11.7. The van der Waals surface area contributed by atoms with Gasteiger partial charge in [0.15, 0.2) is 0 Å². The van der Waals surface area contributed by atoms with E-state index in [1.807, 2.05) is 24.3 Å². The van der Waals surface area contributed by atoms with E-state index in [1.54, 1.807) is 12.1 Å². The number of tetrazole rings is 1. The highest BCUT2D eigenvalue weighted by Crippen LogP contribution is 2.16. The number of rotatable bonds is 6. The van der Waals surface area contributed by atoms with Gasteiger partial charge in [0.1, 0.15) is 18.2 Å². The highest BCUT2D eigenvalue weighted by atomic mass is 19.1. The van der Waals surface area contributed by atoms with Gasteiger partial charge in [0.2, 0.25) is 0 Å². The van der Waals surface area contributed by atoms with Gasteiger partial charge in [-0.05, 0) is 40.6 Å². The van der Waals surface area contributed by atoms with Crippen molar-refractivity contribution in [3.05, 3.63) is 65.5 Å². The lowest BCUT2D eigenvalue weighted by atomic mass is 10.2. The molecule has 0 amide bonds. The van der Waals surface area contributed by atoms with Crippen molar-refractivity contribution in [2.75, 3.05) is 5.32 Å². The van der Waals surface area contributed by atoms with Gasteiger partial charge < -0.3 is 10.1 Å². The van der Waals surface area contributed by atoms with E-state index in [0.717, 1.165) is 16.9 Å². The molecule has 1 heterocycles. The number of nitrogens with zero attached hydrogens (tertiary/aromatic N) is 3. The van der Waals surface area contributed by atoms with Crippen LogP contribution in [0.25, 0.3) is 0 Å². The number of ether oxygens (including phenoxy) is 1. The van der Waals surface area contributed by atoms with Crippen LogP contribution in [-0.2, 0) is 13.2 Å². The van der Waals surface area contributed by atoms with Crippen LogP contribution < -0.4 is 10.1 Å². The Morgan fingerprint density at radius 3 is 2.73 bits per heavy atom. The van der Waals surface area contributed by atoms with Gasteiger partial charge in [-0.1, -0.05) is 29.4 Å². The van der Waals surface area contributed by atoms with Crippen molar-refractivity contribution < 1.29 is 9.13 Å². The second kappa shape index (κ2) is 6.66. The Kier molecular flexibility index (Phi) is 4.24. The summed E-state index contributed by atoms with van der Waals surface area (Å²) in [6.45, 7) is 0.954. The molecule has 0 aliphatic rings. The molecule has 0 atom stereocenters. The Labute approximate surface area is 126 Å². The maximum Gasteiger partial charge on any atom is 0.263 e. The Bertz CT molecular complexity index is 715. The van der Waals surface area contributed by atoms with E-state index in [-0.39, 0.29) is 5.82 Å². The molecular weight excluding hydrogens is 285 g/mol. The molecule has 0 spiro atoms. The normalized spacial score (nSPS) is 10.4. The minimum atomic E-state index is -0.252. The average Bonchev–Trinajstić information content (AvgIpc) is 3.06. The summed E-state index contributed by atoms with van der Waals surface area (Å²) < 4.78 is 18.5. The third-order valence-electron chi connectivity index (χ3n) is 3.01. The molecule has 0 radical (unpaired) electrons. The zero-order chi connectivity index (χ0) is 15.2. The Balaban J connectivity index is 1.57. The smallest absolute Gasteiger partial charge is 0.263 e. The van der Waals surface area contributed by atoms with Crippen molar-refractivity contribution in [1.82, 2.24) is 20.6 Å². The van der Waals surface area contributed by atoms with E-state index in [2.05, 4.69) is 25.9 Å². The molecule has 3 aromatic rings. The van der Waals surface area contributed by atoms with Gasteiger partial charge in [-0.2, -0.15) is 5.21 Å². The molecule has 0 bridgehead atoms. The van der Waals surface area contributed by atoms with Gasteiger partial charge in [0.25, 0.3) is 5.95 Å². The standard InChI is InChI=1S/C15H14FN5O/c16-13-6-4-11(5-7-13)10-22-14-3-1-2-12(8-14)9-17-15-18-20-21-19-15/h1-8H,9-10H2,(H2,17,18,19,20,21). The summed E-state index contributed by atoms with van der Waals surface area (Å²) in [5.74, 6) is 0.938. The van der Waals surface area contributed by atoms with Crippen molar-refractivity contribution in [2.24, 2.45) is 0 Å². The average molecular weight is 299 g/mol. The lowest BCUT2D eigenvalue weighted by Crippen LogP contribution is -2.02. The van der Waals surface area contributed by atoms with Gasteiger partial charge in [-0.15, -0.1) is 5.10 Å². The molecule has 0 saturated carbocycles. The summed E-state index contributed by atoms with van der Waals surface area (Å²) in [6, 6.07) is 13.9. The van der Waals surface area contributed by atoms with Crippen LogP contribution in [0.4, 0.5) is 10.3 Å². The minimum absolute atomic E-state index is 0.252. The number of aromatic nitrogens is 4. The first kappa shape index (κ1) is 14.0. The Hall–Kier alpha value is -2.96. The molecule has 0 fully saturated rings. The van der Waals surface area contributed by atoms with Crippen LogP contribution in [0.2, 0.25) is 0 Å². The van der Waals surface area contributed by atoms with E-state index in [9.17, 15) is 4.39 Å². The molecule has 7 heteroatoms. The molecule has 0 unspecified atom stereocenters. The van der Waals surface area contributed by atoms with Crippen molar-refractivity contribution in [3.8, 4) is 5.75 Å². The number of hydrogen-bond donors (Lipinski definition) is 2. The van der Waals surface area contributed by atoms with Crippen LogP contribution in [0.3, 0.4) is 0 Å². The van der Waals surface area contributed by atoms with Gasteiger partial charge in [-0.3, -0.25) is 0 Å². The van der Waals surface area contributed by atoms with Crippen LogP contribution in [0, 0.1) is 5.82 Å². The molecule has 6 nitrogen and oxygen atoms in total. The first-order chi connectivity index (χ1) is 10.8. The topological polar surface area (TPSA) is 75.7 Å². The second-order valence-corrected chi connectivity index (χ2v) is 4.65. The first-order valence-corrected chi connectivity index (χ1v) is 6.73. The quantitative estimate of drug-likeness (QED) is 0.731. The van der Waals surface area contributed by atoms with Crippen molar-refractivity contribution in [2.45, 2.75) is 13.2 Å². The Morgan fingerprint density at radius 1 is 1.09 bits per heavy atom. The molecule has 0 aliphatic carbocycles. The van der Waals surface area contributed by atoms with Crippen LogP contribution in [0.5, 0.6) is 5.75 Å². The monoisotopic (exact) mass is 299 g/mol. The molecule has 2 aromatic carbocycles. The third kappa shape index (κ3) is 3.78. The summed E-state index contributed by atoms with van der Waals surface area (Å²) >= 11 is 0. The van der Waals surface area contributed by atoms with Crippen LogP contribution in [0.1, 0.15) is 11.1 Å². The molecule has 0 aliphatic heterocycles. The number of hydrogen-bond acceptors (Lipinski definition) is 5. The van der Waals surface area contributed by atoms with E-state index in [1.165, 1.54) is 12.1 Å². The third-order valence-corrected chi connectivity index (χ3v) is 3.01. The SMILES string of the molecule is Fc1ccc(COc2cccc(CNc3nn[nH]n3)c2)cc1. The zero-order valence-corrected chi connectivity index (χ0v) is 11.7. The molecular formula is C15H14FN5O. The Morgan fingerprint density at radius 2 is 1.95 bits per heavy atom. The van der Waals surface area contributed by atoms with Crippen LogP contribution >= 0.6 is 0 Å². The van der Waals surface area contributed by atoms with Gasteiger partial charge in [0, 0.05) is 6.54 Å². The molecule has 22 heavy (non-hydrogen) atoms. The van der Waals surface area contributed by atoms with Gasteiger partial charge in [0.05, 0.1) is 0 Å². The summed E-state index contributed by atoms with van der Waals surface area (Å²) in [7, 11) is 0. The number of halogens is 1. The summed E-state index contributed by atoms with van der Waals surface area (Å²) in [5, 5.41) is 16.5. The van der Waals surface area contributed by atoms with E-state index < -0.39 is 0 Å². The van der Waals surface area contributed by atoms with Crippen LogP contribution in [0.15, 0.2) is 48.5 Å². The predicted molar refractivity (Wildman–Crippen MR) is 78.7 cm³/mol. The fourth-order valence-electron chi connectivity index (χ4n) is 1.91. The van der Waals surface area contributed by atoms with Crippen molar-refractivity contribution in [3.63, 3.8) is 0 Å². The largest absolute Gasteiger partial charge is 0.489 e. The summed E-state index contributed by atoms with van der Waals surface area (Å²) in [5.41, 5.74) is 1.94. The van der Waals surface area contributed by atoms with Crippen molar-refractivity contribution >= 4 is 5.95 Å². The van der Waals surface area contributed by atoms with E-state index in [4.69, 9.17) is 4.74 Å². The molecule has 112 valence electrons. The highest BCUT2D eigenvalue weighted by Gasteiger charge is 2.01. The number of benzene rings is 2. The van der Waals surface area contributed by atoms with Gasteiger partial charge >= 0.3 is 0 Å². The summed E-state index contributed by atoms with van der Waals surface area (Å²) in [4.78, 5) is 0. The fraction of sp³-hybridized carbons (Fsp3) is 0.133. The molecule has 2 N–H and O–H groups in total. The number of nitrogens with one attached hydrogen (secondary N) is 2. The lowest BCUT2D eigenvalue weighted by Gasteiger charge is -2.08. The highest BCUT2D eigenvalue weighted by molar-refractivity contribution is 5.32. The summed E-state index contributed by atoms with van der Waals surface area (Å²) in [6.07, 6.45) is 0. The van der Waals surface area contributed by atoms with Crippen LogP contribution in [-0.4, -0.2) is 20.6 Å². The second-order valence-electron chi connectivity index (χ2n) is 4.65. The molecule has 1 aromatic heterocycles. The maximum absolute atomic E-state index is 12.8.